The highest BCUT2D eigenvalue weighted by Gasteiger charge is 2.20. The Morgan fingerprint density at radius 2 is 1.80 bits per heavy atom. The molecule has 0 spiro atoms. The fourth-order valence-corrected chi connectivity index (χ4v) is 3.01. The van der Waals surface area contributed by atoms with Gasteiger partial charge in [-0.1, -0.05) is 17.2 Å². The SMILES string of the molecule is CCN(CC1CCNCC1)C(=O)c1cc(C)cc(C)c1. The van der Waals surface area contributed by atoms with Gasteiger partial charge in [-0.15, -0.1) is 0 Å². The second-order valence-corrected chi connectivity index (χ2v) is 5.91. The third kappa shape index (κ3) is 3.83. The molecule has 1 N–H and O–H groups in total. The maximum absolute atomic E-state index is 12.7. The number of aryl methyl sites for hydroxylation is 2. The molecule has 0 aliphatic carbocycles. The van der Waals surface area contributed by atoms with Crippen molar-refractivity contribution in [2.24, 2.45) is 5.92 Å². The Hall–Kier alpha value is -1.35. The highest BCUT2D eigenvalue weighted by Crippen LogP contribution is 2.16. The van der Waals surface area contributed by atoms with E-state index in [1.54, 1.807) is 0 Å². The van der Waals surface area contributed by atoms with Gasteiger partial charge in [0.25, 0.3) is 5.91 Å². The molecule has 1 aromatic carbocycles. The van der Waals surface area contributed by atoms with Gasteiger partial charge in [0.2, 0.25) is 0 Å². The second kappa shape index (κ2) is 6.89. The van der Waals surface area contributed by atoms with E-state index in [9.17, 15) is 4.79 Å². The van der Waals surface area contributed by atoms with Gasteiger partial charge >= 0.3 is 0 Å². The largest absolute Gasteiger partial charge is 0.339 e. The summed E-state index contributed by atoms with van der Waals surface area (Å²) in [5, 5.41) is 3.38. The Balaban J connectivity index is 2.07. The first-order valence-electron chi connectivity index (χ1n) is 7.68. The number of carbonyl (C=O) groups excluding carboxylic acids is 1. The van der Waals surface area contributed by atoms with Crippen molar-refractivity contribution in [1.29, 1.82) is 0 Å². The van der Waals surface area contributed by atoms with Gasteiger partial charge in [-0.3, -0.25) is 4.79 Å². The predicted molar refractivity (Wildman–Crippen MR) is 83.1 cm³/mol. The van der Waals surface area contributed by atoms with Crippen molar-refractivity contribution in [2.75, 3.05) is 26.2 Å². The first kappa shape index (κ1) is 15.0. The Bertz CT molecular complexity index is 444. The van der Waals surface area contributed by atoms with E-state index in [0.717, 1.165) is 42.9 Å². The molecule has 0 atom stereocenters. The number of hydrogen-bond donors (Lipinski definition) is 1. The number of nitrogens with one attached hydrogen (secondary N) is 1. The number of hydrogen-bond acceptors (Lipinski definition) is 2. The van der Waals surface area contributed by atoms with Gasteiger partial charge in [0.1, 0.15) is 0 Å². The van der Waals surface area contributed by atoms with Crippen LogP contribution in [0.5, 0.6) is 0 Å². The minimum atomic E-state index is 0.179. The molecule has 1 amide bonds. The molecule has 0 unspecified atom stereocenters. The van der Waals surface area contributed by atoms with Crippen LogP contribution >= 0.6 is 0 Å². The normalized spacial score (nSPS) is 16.1. The summed E-state index contributed by atoms with van der Waals surface area (Å²) in [7, 11) is 0. The molecule has 1 saturated heterocycles. The third-order valence-corrected chi connectivity index (χ3v) is 4.07. The summed E-state index contributed by atoms with van der Waals surface area (Å²) in [5.41, 5.74) is 3.15. The lowest BCUT2D eigenvalue weighted by Crippen LogP contribution is -2.39. The van der Waals surface area contributed by atoms with E-state index in [0.29, 0.717) is 5.92 Å². The second-order valence-electron chi connectivity index (χ2n) is 5.91. The fraction of sp³-hybridized carbons (Fsp3) is 0.588. The van der Waals surface area contributed by atoms with E-state index in [2.05, 4.69) is 18.3 Å². The smallest absolute Gasteiger partial charge is 0.253 e. The van der Waals surface area contributed by atoms with Gasteiger partial charge in [0.05, 0.1) is 0 Å². The van der Waals surface area contributed by atoms with Crippen LogP contribution in [0.1, 0.15) is 41.3 Å². The van der Waals surface area contributed by atoms with Crippen LogP contribution in [0, 0.1) is 19.8 Å². The van der Waals surface area contributed by atoms with Gasteiger partial charge in [-0.05, 0) is 64.8 Å². The molecule has 2 rings (SSSR count). The van der Waals surface area contributed by atoms with Crippen molar-refractivity contribution in [2.45, 2.75) is 33.6 Å². The van der Waals surface area contributed by atoms with Crippen LogP contribution in [0.3, 0.4) is 0 Å². The van der Waals surface area contributed by atoms with E-state index in [1.807, 2.05) is 30.9 Å². The highest BCUT2D eigenvalue weighted by atomic mass is 16.2. The van der Waals surface area contributed by atoms with Crippen LogP contribution in [0.15, 0.2) is 18.2 Å². The van der Waals surface area contributed by atoms with Crippen molar-refractivity contribution >= 4 is 5.91 Å². The molecule has 0 aromatic heterocycles. The number of nitrogens with zero attached hydrogens (tertiary/aromatic N) is 1. The Labute approximate surface area is 122 Å². The lowest BCUT2D eigenvalue weighted by atomic mass is 9.97. The lowest BCUT2D eigenvalue weighted by molar-refractivity contribution is 0.0726. The van der Waals surface area contributed by atoms with Crippen molar-refractivity contribution in [3.63, 3.8) is 0 Å². The van der Waals surface area contributed by atoms with Crippen LogP contribution in [0.25, 0.3) is 0 Å². The minimum absolute atomic E-state index is 0.179. The van der Waals surface area contributed by atoms with Gasteiger partial charge in [0, 0.05) is 18.7 Å². The summed E-state index contributed by atoms with van der Waals surface area (Å²) in [6.45, 7) is 10.0. The van der Waals surface area contributed by atoms with E-state index < -0.39 is 0 Å². The third-order valence-electron chi connectivity index (χ3n) is 4.07. The van der Waals surface area contributed by atoms with E-state index >= 15 is 0 Å². The molecule has 1 aliphatic rings. The molecule has 0 saturated carbocycles. The van der Waals surface area contributed by atoms with Crippen LogP contribution in [-0.2, 0) is 0 Å². The van der Waals surface area contributed by atoms with Crippen LogP contribution in [0.4, 0.5) is 0 Å². The fourth-order valence-electron chi connectivity index (χ4n) is 3.01. The monoisotopic (exact) mass is 274 g/mol. The maximum atomic E-state index is 12.7. The van der Waals surface area contributed by atoms with Gasteiger partial charge in [0.15, 0.2) is 0 Å². The molecule has 20 heavy (non-hydrogen) atoms. The number of rotatable bonds is 4. The summed E-state index contributed by atoms with van der Waals surface area (Å²) in [4.78, 5) is 14.7. The van der Waals surface area contributed by atoms with Crippen LogP contribution < -0.4 is 5.32 Å². The lowest BCUT2D eigenvalue weighted by Gasteiger charge is -2.29. The van der Waals surface area contributed by atoms with Crippen molar-refractivity contribution < 1.29 is 4.79 Å². The first-order valence-corrected chi connectivity index (χ1v) is 7.68. The number of piperidine rings is 1. The number of benzene rings is 1. The average Bonchev–Trinajstić information content (AvgIpc) is 2.44. The van der Waals surface area contributed by atoms with Crippen molar-refractivity contribution in [1.82, 2.24) is 10.2 Å². The molecule has 1 heterocycles. The molecule has 110 valence electrons. The molecule has 3 nitrogen and oxygen atoms in total. The zero-order valence-electron chi connectivity index (χ0n) is 12.9. The summed E-state index contributed by atoms with van der Waals surface area (Å²) >= 11 is 0. The zero-order chi connectivity index (χ0) is 14.5. The molecule has 3 heteroatoms. The zero-order valence-corrected chi connectivity index (χ0v) is 12.9. The molecule has 1 aliphatic heterocycles. The minimum Gasteiger partial charge on any atom is -0.339 e. The maximum Gasteiger partial charge on any atom is 0.253 e. The predicted octanol–water partition coefficient (Wildman–Crippen LogP) is 2.77. The van der Waals surface area contributed by atoms with Gasteiger partial charge in [-0.25, -0.2) is 0 Å². The van der Waals surface area contributed by atoms with E-state index in [-0.39, 0.29) is 5.91 Å². The average molecular weight is 274 g/mol. The molecule has 1 aromatic rings. The molecule has 1 fully saturated rings. The molecule has 0 radical (unpaired) electrons. The Morgan fingerprint density at radius 3 is 2.35 bits per heavy atom. The number of carbonyl (C=O) groups is 1. The molecular weight excluding hydrogens is 248 g/mol. The van der Waals surface area contributed by atoms with Crippen LogP contribution in [0.2, 0.25) is 0 Å². The summed E-state index contributed by atoms with van der Waals surface area (Å²) in [6, 6.07) is 6.11. The Morgan fingerprint density at radius 1 is 1.20 bits per heavy atom. The van der Waals surface area contributed by atoms with Gasteiger partial charge < -0.3 is 10.2 Å². The quantitative estimate of drug-likeness (QED) is 0.915. The van der Waals surface area contributed by atoms with E-state index in [4.69, 9.17) is 0 Å². The van der Waals surface area contributed by atoms with Crippen molar-refractivity contribution in [3.05, 3.63) is 34.9 Å². The standard InChI is InChI=1S/C17H26N2O/c1-4-19(12-15-5-7-18-8-6-15)17(20)16-10-13(2)9-14(3)11-16/h9-11,15,18H,4-8,12H2,1-3H3. The van der Waals surface area contributed by atoms with Gasteiger partial charge in [-0.2, -0.15) is 0 Å². The number of amides is 1. The highest BCUT2D eigenvalue weighted by molar-refractivity contribution is 5.94. The summed E-state index contributed by atoms with van der Waals surface area (Å²) in [6.07, 6.45) is 2.35. The van der Waals surface area contributed by atoms with Crippen molar-refractivity contribution in [3.8, 4) is 0 Å². The summed E-state index contributed by atoms with van der Waals surface area (Å²) in [5.74, 6) is 0.823. The molecular formula is C17H26N2O. The van der Waals surface area contributed by atoms with E-state index in [1.165, 1.54) is 12.8 Å². The van der Waals surface area contributed by atoms with Crippen LogP contribution in [-0.4, -0.2) is 37.0 Å². The summed E-state index contributed by atoms with van der Waals surface area (Å²) < 4.78 is 0. The molecule has 0 bridgehead atoms. The Kier molecular flexibility index (Phi) is 5.18. The first-order chi connectivity index (χ1) is 9.60. The topological polar surface area (TPSA) is 32.3 Å².